The van der Waals surface area contributed by atoms with Gasteiger partial charge in [0.25, 0.3) is 5.91 Å². The van der Waals surface area contributed by atoms with E-state index in [0.29, 0.717) is 10.1 Å². The molecule has 0 saturated carbocycles. The van der Waals surface area contributed by atoms with E-state index in [1.165, 1.54) is 22.2 Å². The first-order chi connectivity index (χ1) is 10.5. The van der Waals surface area contributed by atoms with Crippen molar-refractivity contribution in [3.8, 4) is 0 Å². The van der Waals surface area contributed by atoms with Gasteiger partial charge < -0.3 is 5.32 Å². The average Bonchev–Trinajstić information content (AvgIpc) is 3.00. The Labute approximate surface area is 138 Å². The number of nitrogens with zero attached hydrogens (tertiary/aromatic N) is 1. The van der Waals surface area contributed by atoms with Crippen molar-refractivity contribution in [2.24, 2.45) is 4.99 Å². The third-order valence-corrected chi connectivity index (χ3v) is 5.12. The number of carbonyl (C=O) groups is 1. The molecule has 1 fully saturated rings. The molecule has 1 N–H and O–H groups in total. The topological polar surface area (TPSA) is 41.5 Å². The van der Waals surface area contributed by atoms with Crippen LogP contribution in [0.3, 0.4) is 0 Å². The summed E-state index contributed by atoms with van der Waals surface area (Å²) in [7, 11) is 0. The first-order valence-electron chi connectivity index (χ1n) is 6.94. The van der Waals surface area contributed by atoms with Crippen LogP contribution in [0.4, 0.5) is 5.69 Å². The van der Waals surface area contributed by atoms with Gasteiger partial charge in [-0.1, -0.05) is 17.7 Å². The Kier molecular flexibility index (Phi) is 4.18. The van der Waals surface area contributed by atoms with E-state index in [0.717, 1.165) is 16.1 Å². The zero-order valence-electron chi connectivity index (χ0n) is 12.6. The van der Waals surface area contributed by atoms with Crippen molar-refractivity contribution < 1.29 is 4.79 Å². The summed E-state index contributed by atoms with van der Waals surface area (Å²) in [6.45, 7) is 6.14. The molecule has 0 bridgehead atoms. The van der Waals surface area contributed by atoms with Crippen molar-refractivity contribution in [1.82, 2.24) is 5.32 Å². The lowest BCUT2D eigenvalue weighted by Gasteiger charge is -2.02. The molecule has 5 heteroatoms. The van der Waals surface area contributed by atoms with E-state index in [9.17, 15) is 4.79 Å². The second-order valence-electron chi connectivity index (χ2n) is 5.22. The van der Waals surface area contributed by atoms with Gasteiger partial charge in [0.05, 0.1) is 10.6 Å². The summed E-state index contributed by atoms with van der Waals surface area (Å²) < 4.78 is 0. The summed E-state index contributed by atoms with van der Waals surface area (Å²) in [5.41, 5.74) is 3.20. The van der Waals surface area contributed by atoms with Crippen molar-refractivity contribution in [3.63, 3.8) is 0 Å². The van der Waals surface area contributed by atoms with E-state index in [4.69, 9.17) is 0 Å². The minimum absolute atomic E-state index is 0.0837. The van der Waals surface area contributed by atoms with Gasteiger partial charge >= 0.3 is 0 Å². The van der Waals surface area contributed by atoms with Gasteiger partial charge in [-0.15, -0.1) is 11.3 Å². The first kappa shape index (κ1) is 15.1. The maximum Gasteiger partial charge on any atom is 0.264 e. The number of benzene rings is 1. The third-order valence-electron chi connectivity index (χ3n) is 3.26. The highest BCUT2D eigenvalue weighted by Crippen LogP contribution is 2.30. The highest BCUT2D eigenvalue weighted by Gasteiger charge is 2.24. The van der Waals surface area contributed by atoms with E-state index >= 15 is 0 Å². The molecule has 0 spiro atoms. The number of aliphatic imine (C=N–C) groups is 1. The number of aryl methyl sites for hydroxylation is 3. The highest BCUT2D eigenvalue weighted by molar-refractivity contribution is 8.18. The van der Waals surface area contributed by atoms with Crippen LogP contribution < -0.4 is 5.32 Å². The number of amidine groups is 1. The minimum atomic E-state index is -0.0837. The lowest BCUT2D eigenvalue weighted by Crippen LogP contribution is -2.19. The quantitative estimate of drug-likeness (QED) is 0.821. The molecule has 1 aliphatic rings. The molecule has 3 rings (SSSR count). The van der Waals surface area contributed by atoms with Gasteiger partial charge in [0.15, 0.2) is 5.17 Å². The lowest BCUT2D eigenvalue weighted by molar-refractivity contribution is -0.115. The van der Waals surface area contributed by atoms with Crippen LogP contribution >= 0.6 is 23.1 Å². The van der Waals surface area contributed by atoms with Gasteiger partial charge in [0, 0.05) is 9.75 Å². The van der Waals surface area contributed by atoms with E-state index in [1.54, 1.807) is 11.3 Å². The fraction of sp³-hybridized carbons (Fsp3) is 0.176. The standard InChI is InChI=1S/C17H16N2OS2/c1-10-4-7-14(11(2)8-10)18-17-19-16(20)15(22-17)9-13-6-5-12(3)21-13/h4-9H,1-3H3,(H,18,19,20). The summed E-state index contributed by atoms with van der Waals surface area (Å²) in [5.74, 6) is -0.0837. The Hall–Kier alpha value is -1.85. The van der Waals surface area contributed by atoms with Crippen LogP contribution in [-0.2, 0) is 4.79 Å². The Morgan fingerprint density at radius 1 is 1.14 bits per heavy atom. The Balaban J connectivity index is 1.85. The molecule has 1 aliphatic heterocycles. The fourth-order valence-corrected chi connectivity index (χ4v) is 3.90. The lowest BCUT2D eigenvalue weighted by atomic mass is 10.1. The van der Waals surface area contributed by atoms with Gasteiger partial charge in [-0.2, -0.15) is 0 Å². The molecule has 1 aromatic carbocycles. The molecule has 1 saturated heterocycles. The van der Waals surface area contributed by atoms with Crippen LogP contribution in [0.15, 0.2) is 40.2 Å². The number of nitrogens with one attached hydrogen (secondary N) is 1. The molecule has 0 radical (unpaired) electrons. The normalized spacial score (nSPS) is 18.2. The molecule has 0 aliphatic carbocycles. The maximum absolute atomic E-state index is 12.0. The molecular weight excluding hydrogens is 312 g/mol. The van der Waals surface area contributed by atoms with Crippen molar-refractivity contribution in [2.45, 2.75) is 20.8 Å². The zero-order chi connectivity index (χ0) is 15.7. The predicted octanol–water partition coefficient (Wildman–Crippen LogP) is 4.56. The predicted molar refractivity (Wildman–Crippen MR) is 95.8 cm³/mol. The van der Waals surface area contributed by atoms with Gasteiger partial charge in [0.2, 0.25) is 0 Å². The molecule has 22 heavy (non-hydrogen) atoms. The van der Waals surface area contributed by atoms with Crippen molar-refractivity contribution >= 4 is 45.9 Å². The van der Waals surface area contributed by atoms with Crippen LogP contribution in [0.5, 0.6) is 0 Å². The van der Waals surface area contributed by atoms with E-state index < -0.39 is 0 Å². The molecule has 1 amide bonds. The SMILES string of the molecule is Cc1ccc(N=C2NC(=O)C(=Cc3ccc(C)s3)S2)c(C)c1. The van der Waals surface area contributed by atoms with Gasteiger partial charge in [-0.3, -0.25) is 4.79 Å². The van der Waals surface area contributed by atoms with E-state index in [2.05, 4.69) is 36.3 Å². The second kappa shape index (κ2) is 6.10. The summed E-state index contributed by atoms with van der Waals surface area (Å²) in [5, 5.41) is 3.47. The van der Waals surface area contributed by atoms with Gasteiger partial charge in [-0.05, 0) is 62.4 Å². The van der Waals surface area contributed by atoms with Crippen LogP contribution in [0.1, 0.15) is 20.9 Å². The third kappa shape index (κ3) is 3.31. The Morgan fingerprint density at radius 3 is 2.64 bits per heavy atom. The monoisotopic (exact) mass is 328 g/mol. The number of hydrogen-bond acceptors (Lipinski definition) is 4. The number of thioether (sulfide) groups is 1. The van der Waals surface area contributed by atoms with Crippen LogP contribution in [0, 0.1) is 20.8 Å². The molecule has 0 atom stereocenters. The molecule has 1 aromatic heterocycles. The number of amides is 1. The number of thiophene rings is 1. The number of carbonyl (C=O) groups excluding carboxylic acids is 1. The fourth-order valence-electron chi connectivity index (χ4n) is 2.18. The maximum atomic E-state index is 12.0. The largest absolute Gasteiger partial charge is 0.300 e. The van der Waals surface area contributed by atoms with Gasteiger partial charge in [0.1, 0.15) is 0 Å². The first-order valence-corrected chi connectivity index (χ1v) is 8.58. The summed E-state index contributed by atoms with van der Waals surface area (Å²) in [4.78, 5) is 19.6. The Bertz CT molecular complexity index is 803. The number of hydrogen-bond donors (Lipinski definition) is 1. The van der Waals surface area contributed by atoms with Crippen LogP contribution in [-0.4, -0.2) is 11.1 Å². The second-order valence-corrected chi connectivity index (χ2v) is 7.57. The smallest absolute Gasteiger partial charge is 0.264 e. The molecule has 2 aromatic rings. The highest BCUT2D eigenvalue weighted by atomic mass is 32.2. The van der Waals surface area contributed by atoms with Crippen molar-refractivity contribution in [2.75, 3.05) is 0 Å². The van der Waals surface area contributed by atoms with E-state index in [1.807, 2.05) is 31.2 Å². The molecule has 2 heterocycles. The van der Waals surface area contributed by atoms with Crippen molar-refractivity contribution in [1.29, 1.82) is 0 Å². The van der Waals surface area contributed by atoms with Gasteiger partial charge in [-0.25, -0.2) is 4.99 Å². The van der Waals surface area contributed by atoms with Crippen molar-refractivity contribution in [3.05, 3.63) is 56.1 Å². The van der Waals surface area contributed by atoms with Crippen LogP contribution in [0.2, 0.25) is 0 Å². The summed E-state index contributed by atoms with van der Waals surface area (Å²) in [6.07, 6.45) is 1.92. The average molecular weight is 328 g/mol. The molecule has 0 unspecified atom stereocenters. The molecule has 112 valence electrons. The van der Waals surface area contributed by atoms with E-state index in [-0.39, 0.29) is 5.91 Å². The molecule has 3 nitrogen and oxygen atoms in total. The summed E-state index contributed by atoms with van der Waals surface area (Å²) >= 11 is 3.06. The van der Waals surface area contributed by atoms with Crippen LogP contribution in [0.25, 0.3) is 6.08 Å². The zero-order valence-corrected chi connectivity index (χ0v) is 14.3. The molecular formula is C17H16N2OS2. The minimum Gasteiger partial charge on any atom is -0.300 e. The summed E-state index contributed by atoms with van der Waals surface area (Å²) in [6, 6.07) is 10.2. The Morgan fingerprint density at radius 2 is 1.95 bits per heavy atom. The number of rotatable bonds is 2.